The number of ether oxygens (including phenoxy) is 2. The van der Waals surface area contributed by atoms with Crippen LogP contribution in [-0.4, -0.2) is 13.1 Å². The van der Waals surface area contributed by atoms with Crippen LogP contribution in [0.15, 0.2) is 60.7 Å². The molecular weight excluding hydrogens is 324 g/mol. The molecule has 3 aromatic rings. The first kappa shape index (κ1) is 17.7. The van der Waals surface area contributed by atoms with Crippen molar-refractivity contribution in [1.82, 2.24) is 0 Å². The van der Waals surface area contributed by atoms with E-state index in [1.165, 1.54) is 10.8 Å². The minimum atomic E-state index is -0.276. The van der Waals surface area contributed by atoms with Gasteiger partial charge in [-0.25, -0.2) is 0 Å². The van der Waals surface area contributed by atoms with Crippen LogP contribution in [0, 0.1) is 5.92 Å². The zero-order valence-electron chi connectivity index (χ0n) is 15.2. The van der Waals surface area contributed by atoms with Gasteiger partial charge in [-0.2, -0.15) is 0 Å². The Morgan fingerprint density at radius 2 is 1.69 bits per heavy atom. The van der Waals surface area contributed by atoms with Gasteiger partial charge in [0, 0.05) is 0 Å². The molecule has 0 N–H and O–H groups in total. The van der Waals surface area contributed by atoms with Gasteiger partial charge in [0.15, 0.2) is 11.5 Å². The van der Waals surface area contributed by atoms with Crippen molar-refractivity contribution in [3.8, 4) is 11.5 Å². The van der Waals surface area contributed by atoms with E-state index in [0.717, 1.165) is 11.1 Å². The van der Waals surface area contributed by atoms with E-state index < -0.39 is 0 Å². The fraction of sp³-hybridized carbons (Fsp3) is 0.174. The van der Waals surface area contributed by atoms with Gasteiger partial charge in [0.25, 0.3) is 0 Å². The molecule has 0 atom stereocenters. The summed E-state index contributed by atoms with van der Waals surface area (Å²) in [6.45, 7) is 3.60. The quantitative estimate of drug-likeness (QED) is 0.344. The summed E-state index contributed by atoms with van der Waals surface area (Å²) in [6.07, 6.45) is 4.11. The van der Waals surface area contributed by atoms with Gasteiger partial charge in [0.1, 0.15) is 0 Å². The number of rotatable bonds is 5. The topological polar surface area (TPSA) is 35.5 Å². The molecule has 132 valence electrons. The summed E-state index contributed by atoms with van der Waals surface area (Å²) in [5, 5.41) is 2.42. The van der Waals surface area contributed by atoms with E-state index in [0.29, 0.717) is 11.5 Å². The van der Waals surface area contributed by atoms with Gasteiger partial charge in [0.05, 0.1) is 13.0 Å². The standard InChI is InChI=1S/C23H22O3/c1-16(2)23(24)26-21-14-12-17(15-22(21)25-3)11-13-19-9-6-8-18-7-4-5-10-20(18)19/h4-16H,1-3H3. The van der Waals surface area contributed by atoms with E-state index in [2.05, 4.69) is 36.4 Å². The largest absolute Gasteiger partial charge is 0.493 e. The van der Waals surface area contributed by atoms with E-state index in [-0.39, 0.29) is 11.9 Å². The van der Waals surface area contributed by atoms with Gasteiger partial charge in [-0.1, -0.05) is 74.5 Å². The van der Waals surface area contributed by atoms with Crippen molar-refractivity contribution in [2.75, 3.05) is 7.11 Å². The number of carbonyl (C=O) groups excluding carboxylic acids is 1. The molecule has 3 aromatic carbocycles. The molecular formula is C23H22O3. The van der Waals surface area contributed by atoms with Gasteiger partial charge in [-0.15, -0.1) is 0 Å². The Hall–Kier alpha value is -3.07. The molecule has 3 rings (SSSR count). The molecule has 0 saturated heterocycles. The summed E-state index contributed by atoms with van der Waals surface area (Å²) in [5.41, 5.74) is 2.12. The molecule has 0 unspecified atom stereocenters. The number of hydrogen-bond acceptors (Lipinski definition) is 3. The summed E-state index contributed by atoms with van der Waals surface area (Å²) in [4.78, 5) is 11.8. The summed E-state index contributed by atoms with van der Waals surface area (Å²) >= 11 is 0. The number of benzene rings is 3. The van der Waals surface area contributed by atoms with Gasteiger partial charge in [0.2, 0.25) is 0 Å². The van der Waals surface area contributed by atoms with Crippen LogP contribution >= 0.6 is 0 Å². The smallest absolute Gasteiger partial charge is 0.313 e. The highest BCUT2D eigenvalue weighted by Gasteiger charge is 2.13. The normalized spacial score (nSPS) is 11.2. The zero-order chi connectivity index (χ0) is 18.5. The molecule has 0 saturated carbocycles. The predicted molar refractivity (Wildman–Crippen MR) is 106 cm³/mol. The third-order valence-electron chi connectivity index (χ3n) is 4.15. The number of esters is 1. The molecule has 0 aliphatic carbocycles. The van der Waals surface area contributed by atoms with Crippen molar-refractivity contribution in [1.29, 1.82) is 0 Å². The molecule has 0 amide bonds. The predicted octanol–water partition coefficient (Wildman–Crippen LogP) is 5.58. The zero-order valence-corrected chi connectivity index (χ0v) is 15.2. The lowest BCUT2D eigenvalue weighted by Gasteiger charge is -2.11. The van der Waals surface area contributed by atoms with Gasteiger partial charge in [-0.3, -0.25) is 4.79 Å². The molecule has 0 heterocycles. The van der Waals surface area contributed by atoms with Gasteiger partial charge in [-0.05, 0) is 34.0 Å². The minimum absolute atomic E-state index is 0.189. The Bertz CT molecular complexity index is 949. The summed E-state index contributed by atoms with van der Waals surface area (Å²) in [7, 11) is 1.57. The van der Waals surface area contributed by atoms with Crippen molar-refractivity contribution in [3.63, 3.8) is 0 Å². The lowest BCUT2D eigenvalue weighted by molar-refractivity contribution is -0.137. The first-order valence-corrected chi connectivity index (χ1v) is 8.64. The van der Waals surface area contributed by atoms with Gasteiger partial charge >= 0.3 is 5.97 Å². The molecule has 0 fully saturated rings. The first-order valence-electron chi connectivity index (χ1n) is 8.64. The van der Waals surface area contributed by atoms with Crippen LogP contribution in [0.5, 0.6) is 11.5 Å². The molecule has 3 nitrogen and oxygen atoms in total. The third-order valence-corrected chi connectivity index (χ3v) is 4.15. The average Bonchev–Trinajstić information content (AvgIpc) is 2.66. The van der Waals surface area contributed by atoms with E-state index >= 15 is 0 Å². The third kappa shape index (κ3) is 3.94. The molecule has 0 aliphatic rings. The minimum Gasteiger partial charge on any atom is -0.493 e. The summed E-state index contributed by atoms with van der Waals surface area (Å²) < 4.78 is 10.8. The number of carbonyl (C=O) groups is 1. The summed E-state index contributed by atoms with van der Waals surface area (Å²) in [6, 6.07) is 20.1. The molecule has 0 aliphatic heterocycles. The molecule has 0 radical (unpaired) electrons. The second-order valence-electron chi connectivity index (χ2n) is 6.39. The number of methoxy groups -OCH3 is 1. The average molecular weight is 346 g/mol. The van der Waals surface area contributed by atoms with Crippen molar-refractivity contribution in [2.45, 2.75) is 13.8 Å². The highest BCUT2D eigenvalue weighted by Crippen LogP contribution is 2.30. The maximum Gasteiger partial charge on any atom is 0.313 e. The van der Waals surface area contributed by atoms with Crippen LogP contribution in [0.1, 0.15) is 25.0 Å². The number of hydrogen-bond donors (Lipinski definition) is 0. The van der Waals surface area contributed by atoms with Crippen molar-refractivity contribution < 1.29 is 14.3 Å². The van der Waals surface area contributed by atoms with Crippen molar-refractivity contribution >= 4 is 28.9 Å². The lowest BCUT2D eigenvalue weighted by atomic mass is 10.0. The maximum atomic E-state index is 11.8. The molecule has 0 bridgehead atoms. The second-order valence-corrected chi connectivity index (χ2v) is 6.39. The Balaban J connectivity index is 1.88. The SMILES string of the molecule is COc1cc(C=Cc2cccc3ccccc23)ccc1OC(=O)C(C)C. The van der Waals surface area contributed by atoms with Crippen LogP contribution in [0.25, 0.3) is 22.9 Å². The second kappa shape index (κ2) is 7.87. The molecule has 26 heavy (non-hydrogen) atoms. The lowest BCUT2D eigenvalue weighted by Crippen LogP contribution is -2.15. The maximum absolute atomic E-state index is 11.8. The van der Waals surface area contributed by atoms with Crippen LogP contribution in [0.3, 0.4) is 0 Å². The van der Waals surface area contributed by atoms with Crippen molar-refractivity contribution in [2.24, 2.45) is 5.92 Å². The number of fused-ring (bicyclic) bond motifs is 1. The Morgan fingerprint density at radius 3 is 2.46 bits per heavy atom. The highest BCUT2D eigenvalue weighted by molar-refractivity contribution is 5.92. The molecule has 0 spiro atoms. The molecule has 3 heteroatoms. The van der Waals surface area contributed by atoms with E-state index in [1.807, 2.05) is 30.3 Å². The van der Waals surface area contributed by atoms with E-state index in [9.17, 15) is 4.79 Å². The Labute approximate surface area is 153 Å². The van der Waals surface area contributed by atoms with Crippen LogP contribution in [0.4, 0.5) is 0 Å². The fourth-order valence-electron chi connectivity index (χ4n) is 2.68. The van der Waals surface area contributed by atoms with E-state index in [1.54, 1.807) is 27.0 Å². The highest BCUT2D eigenvalue weighted by atomic mass is 16.6. The monoisotopic (exact) mass is 346 g/mol. The van der Waals surface area contributed by atoms with Crippen molar-refractivity contribution in [3.05, 3.63) is 71.8 Å². The Kier molecular flexibility index (Phi) is 5.37. The molecule has 0 aromatic heterocycles. The Morgan fingerprint density at radius 1 is 0.923 bits per heavy atom. The van der Waals surface area contributed by atoms with Crippen LogP contribution in [-0.2, 0) is 4.79 Å². The van der Waals surface area contributed by atoms with Crippen LogP contribution < -0.4 is 9.47 Å². The first-order chi connectivity index (χ1) is 12.6. The van der Waals surface area contributed by atoms with Crippen LogP contribution in [0.2, 0.25) is 0 Å². The van der Waals surface area contributed by atoms with E-state index in [4.69, 9.17) is 9.47 Å². The fourth-order valence-corrected chi connectivity index (χ4v) is 2.68. The summed E-state index contributed by atoms with van der Waals surface area (Å²) in [5.74, 6) is 0.514. The van der Waals surface area contributed by atoms with Gasteiger partial charge < -0.3 is 9.47 Å².